The van der Waals surface area contributed by atoms with E-state index in [0.29, 0.717) is 12.5 Å². The number of rotatable bonds is 4. The maximum atomic E-state index is 11.2. The number of amides is 1. The fourth-order valence-corrected chi connectivity index (χ4v) is 0.980. The Bertz CT molecular complexity index is 237. The van der Waals surface area contributed by atoms with Crippen LogP contribution in [-0.2, 0) is 4.79 Å². The molecule has 14 heavy (non-hydrogen) atoms. The third-order valence-corrected chi connectivity index (χ3v) is 2.23. The summed E-state index contributed by atoms with van der Waals surface area (Å²) in [6.07, 6.45) is 0.825. The Morgan fingerprint density at radius 3 is 2.50 bits per heavy atom. The number of carbonyl (C=O) groups excluding carboxylic acids is 1. The molecule has 1 amide bonds. The molecule has 0 spiro atoms. The number of nitrogens with zero attached hydrogens (tertiary/aromatic N) is 1. The molecule has 1 atom stereocenters. The van der Waals surface area contributed by atoms with E-state index < -0.39 is 0 Å². The topological polar surface area (TPSA) is 46.3 Å². The molecule has 0 aliphatic heterocycles. The van der Waals surface area contributed by atoms with Crippen molar-refractivity contribution in [2.75, 3.05) is 13.6 Å². The molecule has 0 saturated heterocycles. The summed E-state index contributed by atoms with van der Waals surface area (Å²) in [5, 5.41) is 0. The summed E-state index contributed by atoms with van der Waals surface area (Å²) in [4.78, 5) is 12.8. The minimum absolute atomic E-state index is 0.136. The Morgan fingerprint density at radius 2 is 2.07 bits per heavy atom. The molecule has 0 aliphatic carbocycles. The molecule has 0 rings (SSSR count). The summed E-state index contributed by atoms with van der Waals surface area (Å²) in [5.74, 6) is 5.40. The van der Waals surface area contributed by atoms with Gasteiger partial charge >= 0.3 is 0 Å². The van der Waals surface area contributed by atoms with Crippen molar-refractivity contribution in [2.24, 2.45) is 11.7 Å². The zero-order chi connectivity index (χ0) is 11.1. The Morgan fingerprint density at radius 1 is 1.50 bits per heavy atom. The molecule has 0 aromatic carbocycles. The first-order chi connectivity index (χ1) is 6.49. The van der Waals surface area contributed by atoms with Crippen LogP contribution in [0.1, 0.15) is 27.2 Å². The van der Waals surface area contributed by atoms with Crippen molar-refractivity contribution in [2.45, 2.75) is 33.2 Å². The molecule has 0 radical (unpaired) electrons. The molecule has 0 aromatic rings. The van der Waals surface area contributed by atoms with Crippen LogP contribution >= 0.6 is 0 Å². The van der Waals surface area contributed by atoms with E-state index in [9.17, 15) is 4.79 Å². The van der Waals surface area contributed by atoms with Crippen molar-refractivity contribution in [3.8, 4) is 11.8 Å². The smallest absolute Gasteiger partial charge is 0.298 e. The lowest BCUT2D eigenvalue weighted by Gasteiger charge is -2.19. The molecule has 0 heterocycles. The van der Waals surface area contributed by atoms with Crippen LogP contribution in [0.4, 0.5) is 0 Å². The van der Waals surface area contributed by atoms with Gasteiger partial charge in [0, 0.05) is 19.6 Å². The summed E-state index contributed by atoms with van der Waals surface area (Å²) in [6, 6.07) is 0.153. The zero-order valence-electron chi connectivity index (χ0n) is 9.50. The van der Waals surface area contributed by atoms with Crippen molar-refractivity contribution >= 4 is 5.91 Å². The normalized spacial score (nSPS) is 11.9. The van der Waals surface area contributed by atoms with Crippen LogP contribution in [-0.4, -0.2) is 30.4 Å². The van der Waals surface area contributed by atoms with Gasteiger partial charge in [-0.1, -0.05) is 19.8 Å². The van der Waals surface area contributed by atoms with Gasteiger partial charge in [0.15, 0.2) is 0 Å². The van der Waals surface area contributed by atoms with Crippen molar-refractivity contribution < 1.29 is 4.79 Å². The molecule has 0 aliphatic rings. The fourth-order valence-electron chi connectivity index (χ4n) is 0.980. The van der Waals surface area contributed by atoms with E-state index in [-0.39, 0.29) is 11.9 Å². The first-order valence-corrected chi connectivity index (χ1v) is 4.92. The van der Waals surface area contributed by atoms with E-state index in [0.717, 1.165) is 6.42 Å². The maximum Gasteiger partial charge on any atom is 0.298 e. The van der Waals surface area contributed by atoms with Crippen molar-refractivity contribution in [3.63, 3.8) is 0 Å². The molecule has 0 fully saturated rings. The van der Waals surface area contributed by atoms with Crippen molar-refractivity contribution in [1.82, 2.24) is 4.90 Å². The lowest BCUT2D eigenvalue weighted by atomic mass is 10.0. The monoisotopic (exact) mass is 196 g/mol. The molecule has 0 saturated carbocycles. The lowest BCUT2D eigenvalue weighted by Crippen LogP contribution is -2.34. The standard InChI is InChI=1S/C11H20N2O/c1-5-6-11(14)13(4)8-7-10(12)9(2)3/h9-10H,7-8,12H2,1-4H3. The summed E-state index contributed by atoms with van der Waals surface area (Å²) >= 11 is 0. The second-order valence-corrected chi connectivity index (χ2v) is 3.80. The van der Waals surface area contributed by atoms with Crippen molar-refractivity contribution in [3.05, 3.63) is 0 Å². The first kappa shape index (κ1) is 13.0. The third kappa shape index (κ3) is 4.88. The molecule has 80 valence electrons. The van der Waals surface area contributed by atoms with Gasteiger partial charge in [0.25, 0.3) is 5.91 Å². The lowest BCUT2D eigenvalue weighted by molar-refractivity contribution is -0.124. The van der Waals surface area contributed by atoms with E-state index in [1.165, 1.54) is 0 Å². The molecule has 2 N–H and O–H groups in total. The van der Waals surface area contributed by atoms with Crippen LogP contribution in [0.3, 0.4) is 0 Å². The van der Waals surface area contributed by atoms with Gasteiger partial charge in [-0.2, -0.15) is 0 Å². The summed E-state index contributed by atoms with van der Waals surface area (Å²) < 4.78 is 0. The van der Waals surface area contributed by atoms with Crippen LogP contribution in [0.2, 0.25) is 0 Å². The minimum atomic E-state index is -0.136. The van der Waals surface area contributed by atoms with Gasteiger partial charge in [0.2, 0.25) is 0 Å². The van der Waals surface area contributed by atoms with Gasteiger partial charge in [0.05, 0.1) is 0 Å². The van der Waals surface area contributed by atoms with E-state index in [2.05, 4.69) is 25.7 Å². The van der Waals surface area contributed by atoms with Gasteiger partial charge in [-0.25, -0.2) is 0 Å². The Hall–Kier alpha value is -1.01. The Labute approximate surface area is 86.6 Å². The van der Waals surface area contributed by atoms with Gasteiger partial charge < -0.3 is 10.6 Å². The van der Waals surface area contributed by atoms with Crippen LogP contribution in [0, 0.1) is 17.8 Å². The highest BCUT2D eigenvalue weighted by molar-refractivity contribution is 5.93. The van der Waals surface area contributed by atoms with Crippen LogP contribution in [0.5, 0.6) is 0 Å². The second kappa shape index (κ2) is 6.44. The van der Waals surface area contributed by atoms with Gasteiger partial charge in [-0.3, -0.25) is 4.79 Å². The fraction of sp³-hybridized carbons (Fsp3) is 0.727. The molecule has 0 aromatic heterocycles. The largest absolute Gasteiger partial charge is 0.335 e. The summed E-state index contributed by atoms with van der Waals surface area (Å²) in [7, 11) is 1.75. The predicted molar refractivity (Wildman–Crippen MR) is 58.5 cm³/mol. The highest BCUT2D eigenvalue weighted by Crippen LogP contribution is 2.03. The van der Waals surface area contributed by atoms with Crippen LogP contribution < -0.4 is 5.73 Å². The van der Waals surface area contributed by atoms with Crippen molar-refractivity contribution in [1.29, 1.82) is 0 Å². The number of hydrogen-bond acceptors (Lipinski definition) is 2. The van der Waals surface area contributed by atoms with Crippen LogP contribution in [0.25, 0.3) is 0 Å². The van der Waals surface area contributed by atoms with E-state index >= 15 is 0 Å². The summed E-state index contributed by atoms with van der Waals surface area (Å²) in [6.45, 7) is 6.50. The number of nitrogens with two attached hydrogens (primary N) is 1. The first-order valence-electron chi connectivity index (χ1n) is 4.92. The minimum Gasteiger partial charge on any atom is -0.335 e. The number of carbonyl (C=O) groups is 1. The molecular weight excluding hydrogens is 176 g/mol. The average molecular weight is 196 g/mol. The molecule has 1 unspecified atom stereocenters. The Balaban J connectivity index is 3.88. The molecule has 0 bridgehead atoms. The Kier molecular flexibility index (Phi) is 5.98. The SMILES string of the molecule is CC#CC(=O)N(C)CCC(N)C(C)C. The third-order valence-electron chi connectivity index (χ3n) is 2.23. The zero-order valence-corrected chi connectivity index (χ0v) is 9.50. The second-order valence-electron chi connectivity index (χ2n) is 3.80. The highest BCUT2D eigenvalue weighted by atomic mass is 16.2. The van der Waals surface area contributed by atoms with Crippen LogP contribution in [0.15, 0.2) is 0 Å². The highest BCUT2D eigenvalue weighted by Gasteiger charge is 2.10. The molecule has 3 heteroatoms. The quantitative estimate of drug-likeness (QED) is 0.677. The van der Waals surface area contributed by atoms with E-state index in [4.69, 9.17) is 5.73 Å². The molecular formula is C11H20N2O. The van der Waals surface area contributed by atoms with E-state index in [1.54, 1.807) is 18.9 Å². The predicted octanol–water partition coefficient (Wildman–Crippen LogP) is 0.842. The van der Waals surface area contributed by atoms with Gasteiger partial charge in [-0.15, -0.1) is 0 Å². The maximum absolute atomic E-state index is 11.2. The van der Waals surface area contributed by atoms with E-state index in [1.807, 2.05) is 0 Å². The number of hydrogen-bond donors (Lipinski definition) is 1. The van der Waals surface area contributed by atoms with Gasteiger partial charge in [0.1, 0.15) is 0 Å². The average Bonchev–Trinajstić information content (AvgIpc) is 2.13. The summed E-state index contributed by atoms with van der Waals surface area (Å²) in [5.41, 5.74) is 5.86. The van der Waals surface area contributed by atoms with Gasteiger partial charge in [-0.05, 0) is 25.2 Å². The molecule has 3 nitrogen and oxygen atoms in total.